The summed E-state index contributed by atoms with van der Waals surface area (Å²) < 4.78 is 26.8. The number of benzene rings is 4. The predicted octanol–water partition coefficient (Wildman–Crippen LogP) is 8.15. The number of halogens is 2. The first kappa shape index (κ1) is 20.7. The van der Waals surface area contributed by atoms with E-state index in [1.54, 1.807) is 6.08 Å². The summed E-state index contributed by atoms with van der Waals surface area (Å²) in [4.78, 5) is 0. The lowest BCUT2D eigenvalue weighted by Gasteiger charge is -2.12. The van der Waals surface area contributed by atoms with Crippen molar-refractivity contribution in [1.29, 1.82) is 0 Å². The van der Waals surface area contributed by atoms with Gasteiger partial charge in [-0.05, 0) is 52.3 Å². The second-order valence-electron chi connectivity index (χ2n) is 7.83. The molecule has 1 atom stereocenters. The zero-order chi connectivity index (χ0) is 21.6. The van der Waals surface area contributed by atoms with Gasteiger partial charge >= 0.3 is 0 Å². The zero-order valence-electron chi connectivity index (χ0n) is 17.4. The van der Waals surface area contributed by atoms with E-state index in [1.165, 1.54) is 23.3 Å². The minimum absolute atomic E-state index is 0.366. The summed E-state index contributed by atoms with van der Waals surface area (Å²) in [5, 5.41) is 0. The van der Waals surface area contributed by atoms with E-state index in [1.807, 2.05) is 24.3 Å². The highest BCUT2D eigenvalue weighted by Crippen LogP contribution is 2.24. The van der Waals surface area contributed by atoms with Crippen LogP contribution in [-0.2, 0) is 6.42 Å². The third kappa shape index (κ3) is 5.35. The molecule has 4 rings (SSSR count). The second kappa shape index (κ2) is 9.53. The highest BCUT2D eigenvalue weighted by molar-refractivity contribution is 5.72. The fraction of sp³-hybridized carbons (Fsp3) is 0.103. The minimum atomic E-state index is -0.570. The third-order valence-corrected chi connectivity index (χ3v) is 5.53. The van der Waals surface area contributed by atoms with E-state index >= 15 is 0 Å². The smallest absolute Gasteiger partial charge is 0.133 e. The van der Waals surface area contributed by atoms with Crippen LogP contribution in [0.1, 0.15) is 35.1 Å². The first-order valence-corrected chi connectivity index (χ1v) is 10.5. The van der Waals surface area contributed by atoms with Crippen molar-refractivity contribution in [1.82, 2.24) is 0 Å². The summed E-state index contributed by atoms with van der Waals surface area (Å²) in [5.41, 5.74) is 6.30. The molecule has 0 aliphatic heterocycles. The van der Waals surface area contributed by atoms with Crippen LogP contribution in [0.25, 0.3) is 23.3 Å². The number of rotatable bonds is 6. The van der Waals surface area contributed by atoms with Crippen LogP contribution in [0.3, 0.4) is 0 Å². The molecule has 31 heavy (non-hydrogen) atoms. The summed E-state index contributed by atoms with van der Waals surface area (Å²) >= 11 is 0. The zero-order valence-corrected chi connectivity index (χ0v) is 17.4. The van der Waals surface area contributed by atoms with E-state index < -0.39 is 11.6 Å². The topological polar surface area (TPSA) is 0 Å². The fourth-order valence-corrected chi connectivity index (χ4v) is 3.70. The minimum Gasteiger partial charge on any atom is -0.207 e. The SMILES string of the molecule is C[C@@H](Cc1ccc(-c2ccc(C=Cc3ccc(F)cc3F)cc2)cc1)c1ccccc1. The van der Waals surface area contributed by atoms with E-state index in [0.29, 0.717) is 11.5 Å². The predicted molar refractivity (Wildman–Crippen MR) is 126 cm³/mol. The van der Waals surface area contributed by atoms with Crippen molar-refractivity contribution < 1.29 is 8.78 Å². The third-order valence-electron chi connectivity index (χ3n) is 5.53. The quantitative estimate of drug-likeness (QED) is 0.281. The van der Waals surface area contributed by atoms with Gasteiger partial charge in [-0.15, -0.1) is 0 Å². The van der Waals surface area contributed by atoms with Crippen molar-refractivity contribution in [3.8, 4) is 11.1 Å². The molecule has 4 aromatic carbocycles. The Morgan fingerprint density at radius 3 is 2.00 bits per heavy atom. The molecule has 2 heteroatoms. The molecule has 0 N–H and O–H groups in total. The highest BCUT2D eigenvalue weighted by atomic mass is 19.1. The Balaban J connectivity index is 1.42. The van der Waals surface area contributed by atoms with E-state index in [2.05, 4.69) is 67.6 Å². The Bertz CT molecular complexity index is 1160. The first-order chi connectivity index (χ1) is 15.1. The van der Waals surface area contributed by atoms with Gasteiger partial charge < -0.3 is 0 Å². The molecular weight excluding hydrogens is 386 g/mol. The maximum Gasteiger partial charge on any atom is 0.133 e. The van der Waals surface area contributed by atoms with Crippen molar-refractivity contribution in [2.24, 2.45) is 0 Å². The molecule has 0 fully saturated rings. The van der Waals surface area contributed by atoms with Gasteiger partial charge in [0.25, 0.3) is 0 Å². The second-order valence-corrected chi connectivity index (χ2v) is 7.83. The normalized spacial score (nSPS) is 12.2. The maximum absolute atomic E-state index is 13.8. The standard InChI is InChI=1S/C29H24F2/c1-21(24-5-3-2-4-6-24)19-23-10-14-26(15-11-23)25-12-7-22(8-13-25)9-16-27-17-18-28(30)20-29(27)31/h2-18,20-21H,19H2,1H3/t21-/m0/s1. The molecule has 0 saturated carbocycles. The van der Waals surface area contributed by atoms with Crippen LogP contribution in [-0.4, -0.2) is 0 Å². The average molecular weight is 411 g/mol. The van der Waals surface area contributed by atoms with Crippen LogP contribution in [0.4, 0.5) is 8.78 Å². The lowest BCUT2D eigenvalue weighted by atomic mass is 9.93. The van der Waals surface area contributed by atoms with Crippen LogP contribution in [0, 0.1) is 11.6 Å². The van der Waals surface area contributed by atoms with Crippen molar-refractivity contribution in [3.05, 3.63) is 131 Å². The molecular formula is C29H24F2. The molecule has 0 unspecified atom stereocenters. The average Bonchev–Trinajstić information content (AvgIpc) is 2.80. The van der Waals surface area contributed by atoms with E-state index in [9.17, 15) is 8.78 Å². The summed E-state index contributed by atoms with van der Waals surface area (Å²) in [5.74, 6) is -0.654. The molecule has 154 valence electrons. The van der Waals surface area contributed by atoms with Crippen molar-refractivity contribution in [2.75, 3.05) is 0 Å². The number of hydrogen-bond acceptors (Lipinski definition) is 0. The van der Waals surface area contributed by atoms with Gasteiger partial charge in [-0.2, -0.15) is 0 Å². The van der Waals surface area contributed by atoms with Gasteiger partial charge in [-0.25, -0.2) is 8.78 Å². The molecule has 0 aliphatic carbocycles. The van der Waals surface area contributed by atoms with Crippen LogP contribution < -0.4 is 0 Å². The van der Waals surface area contributed by atoms with Crippen molar-refractivity contribution in [3.63, 3.8) is 0 Å². The summed E-state index contributed by atoms with van der Waals surface area (Å²) in [6, 6.07) is 31.0. The molecule has 4 aromatic rings. The largest absolute Gasteiger partial charge is 0.207 e. The molecule has 0 amide bonds. The summed E-state index contributed by atoms with van der Waals surface area (Å²) in [6.07, 6.45) is 4.49. The van der Waals surface area contributed by atoms with Gasteiger partial charge in [0.05, 0.1) is 0 Å². The Hall–Kier alpha value is -3.52. The Morgan fingerprint density at radius 1 is 0.710 bits per heavy atom. The van der Waals surface area contributed by atoms with Crippen LogP contribution in [0.15, 0.2) is 97.1 Å². The van der Waals surface area contributed by atoms with Crippen molar-refractivity contribution >= 4 is 12.2 Å². The van der Waals surface area contributed by atoms with Gasteiger partial charge in [0.2, 0.25) is 0 Å². The Labute approximate surface area is 182 Å². The first-order valence-electron chi connectivity index (χ1n) is 10.5. The van der Waals surface area contributed by atoms with Crippen molar-refractivity contribution in [2.45, 2.75) is 19.3 Å². The van der Waals surface area contributed by atoms with Gasteiger partial charge in [0.15, 0.2) is 0 Å². The number of hydrogen-bond donors (Lipinski definition) is 0. The van der Waals surface area contributed by atoms with E-state index in [0.717, 1.165) is 29.2 Å². The van der Waals surface area contributed by atoms with Gasteiger partial charge in [-0.1, -0.05) is 97.9 Å². The lowest BCUT2D eigenvalue weighted by molar-refractivity contribution is 0.581. The van der Waals surface area contributed by atoms with Crippen LogP contribution in [0.5, 0.6) is 0 Å². The van der Waals surface area contributed by atoms with Gasteiger partial charge in [0, 0.05) is 11.6 Å². The monoisotopic (exact) mass is 410 g/mol. The molecule has 0 bridgehead atoms. The molecule has 0 aliphatic rings. The molecule has 0 spiro atoms. The lowest BCUT2D eigenvalue weighted by Crippen LogP contribution is -1.98. The fourth-order valence-electron chi connectivity index (χ4n) is 3.70. The highest BCUT2D eigenvalue weighted by Gasteiger charge is 2.07. The van der Waals surface area contributed by atoms with Gasteiger partial charge in [0.1, 0.15) is 11.6 Å². The maximum atomic E-state index is 13.8. The molecule has 0 aromatic heterocycles. The summed E-state index contributed by atoms with van der Waals surface area (Å²) in [7, 11) is 0. The molecule has 0 radical (unpaired) electrons. The molecule has 0 saturated heterocycles. The Morgan fingerprint density at radius 2 is 1.35 bits per heavy atom. The summed E-state index contributed by atoms with van der Waals surface area (Å²) in [6.45, 7) is 2.26. The van der Waals surface area contributed by atoms with Crippen LogP contribution in [0.2, 0.25) is 0 Å². The molecule has 0 heterocycles. The Kier molecular flexibility index (Phi) is 6.37. The van der Waals surface area contributed by atoms with Crippen LogP contribution >= 0.6 is 0 Å². The van der Waals surface area contributed by atoms with Gasteiger partial charge in [-0.3, -0.25) is 0 Å². The van der Waals surface area contributed by atoms with E-state index in [-0.39, 0.29) is 0 Å². The van der Waals surface area contributed by atoms with E-state index in [4.69, 9.17) is 0 Å². The molecule has 0 nitrogen and oxygen atoms in total.